The zero-order chi connectivity index (χ0) is 15.9. The summed E-state index contributed by atoms with van der Waals surface area (Å²) < 4.78 is 5.99. The van der Waals surface area contributed by atoms with Gasteiger partial charge in [0.25, 0.3) is 0 Å². The number of hydrogen-bond acceptors (Lipinski definition) is 4. The Hall–Kier alpha value is -1.86. The Kier molecular flexibility index (Phi) is 5.97. The third-order valence-electron chi connectivity index (χ3n) is 2.87. The van der Waals surface area contributed by atoms with Gasteiger partial charge in [-0.25, -0.2) is 4.79 Å². The lowest BCUT2D eigenvalue weighted by atomic mass is 10.1. The smallest absolute Gasteiger partial charge is 0.407 e. The van der Waals surface area contributed by atoms with Crippen LogP contribution in [0.4, 0.5) is 4.79 Å². The van der Waals surface area contributed by atoms with Crippen LogP contribution in [0.1, 0.15) is 23.6 Å². The topological polar surface area (TPSA) is 75.6 Å². The van der Waals surface area contributed by atoms with Crippen LogP contribution in [0.2, 0.25) is 0 Å². The SMILES string of the molecule is O=C(O)C[C@@H](NC(=O)OCc1ccccc1)c1csc(Br)c1. The van der Waals surface area contributed by atoms with E-state index in [2.05, 4.69) is 21.2 Å². The molecule has 5 nitrogen and oxygen atoms in total. The molecule has 0 spiro atoms. The highest BCUT2D eigenvalue weighted by Crippen LogP contribution is 2.27. The fourth-order valence-electron chi connectivity index (χ4n) is 1.84. The number of carboxylic acids is 1. The lowest BCUT2D eigenvalue weighted by Gasteiger charge is -2.15. The van der Waals surface area contributed by atoms with Crippen molar-refractivity contribution in [3.05, 3.63) is 56.7 Å². The number of hydrogen-bond donors (Lipinski definition) is 2. The molecule has 0 fully saturated rings. The van der Waals surface area contributed by atoms with Crippen LogP contribution >= 0.6 is 27.3 Å². The van der Waals surface area contributed by atoms with E-state index in [0.29, 0.717) is 0 Å². The minimum absolute atomic E-state index is 0.139. The molecule has 0 unspecified atom stereocenters. The van der Waals surface area contributed by atoms with E-state index in [-0.39, 0.29) is 13.0 Å². The number of nitrogens with one attached hydrogen (secondary N) is 1. The van der Waals surface area contributed by atoms with Gasteiger partial charge < -0.3 is 15.2 Å². The Labute approximate surface area is 140 Å². The van der Waals surface area contributed by atoms with Gasteiger partial charge in [0.2, 0.25) is 0 Å². The van der Waals surface area contributed by atoms with Crippen LogP contribution in [0, 0.1) is 0 Å². The van der Waals surface area contributed by atoms with Gasteiger partial charge in [0.15, 0.2) is 0 Å². The molecule has 2 N–H and O–H groups in total. The molecule has 0 radical (unpaired) electrons. The molecule has 0 aliphatic carbocycles. The number of thiophene rings is 1. The molecule has 116 valence electrons. The third kappa shape index (κ3) is 5.16. The summed E-state index contributed by atoms with van der Waals surface area (Å²) in [6, 6.07) is 10.4. The molecule has 1 aromatic carbocycles. The molecule has 0 saturated carbocycles. The van der Waals surface area contributed by atoms with Gasteiger partial charge in [0.1, 0.15) is 6.61 Å². The summed E-state index contributed by atoms with van der Waals surface area (Å²) in [6.45, 7) is 0.139. The molecule has 0 saturated heterocycles. The monoisotopic (exact) mass is 383 g/mol. The van der Waals surface area contributed by atoms with Crippen molar-refractivity contribution in [2.24, 2.45) is 0 Å². The number of halogens is 1. The van der Waals surface area contributed by atoms with E-state index in [1.165, 1.54) is 11.3 Å². The lowest BCUT2D eigenvalue weighted by Crippen LogP contribution is -2.30. The first-order chi connectivity index (χ1) is 10.5. The molecule has 1 amide bonds. The third-order valence-corrected chi connectivity index (χ3v) is 4.40. The normalized spacial score (nSPS) is 11.7. The van der Waals surface area contributed by atoms with Crippen molar-refractivity contribution >= 4 is 39.3 Å². The average molecular weight is 384 g/mol. The molecule has 1 atom stereocenters. The number of carbonyl (C=O) groups excluding carboxylic acids is 1. The highest BCUT2D eigenvalue weighted by molar-refractivity contribution is 9.11. The maximum atomic E-state index is 11.9. The van der Waals surface area contributed by atoms with Crippen molar-refractivity contribution in [2.45, 2.75) is 19.1 Å². The summed E-state index contributed by atoms with van der Waals surface area (Å²) in [5.41, 5.74) is 1.60. The summed E-state index contributed by atoms with van der Waals surface area (Å²) >= 11 is 4.75. The Balaban J connectivity index is 1.94. The van der Waals surface area contributed by atoms with Gasteiger partial charge in [0.05, 0.1) is 16.2 Å². The quantitative estimate of drug-likeness (QED) is 0.791. The second kappa shape index (κ2) is 7.95. The number of carboxylic acid groups (broad SMARTS) is 1. The molecule has 22 heavy (non-hydrogen) atoms. The van der Waals surface area contributed by atoms with Crippen molar-refractivity contribution in [3.63, 3.8) is 0 Å². The van der Waals surface area contributed by atoms with Crippen molar-refractivity contribution < 1.29 is 19.4 Å². The molecule has 1 aromatic heterocycles. The average Bonchev–Trinajstić information content (AvgIpc) is 2.92. The largest absolute Gasteiger partial charge is 0.481 e. The van der Waals surface area contributed by atoms with E-state index >= 15 is 0 Å². The van der Waals surface area contributed by atoms with E-state index in [1.807, 2.05) is 30.3 Å². The first-order valence-electron chi connectivity index (χ1n) is 6.47. The molecule has 2 aromatic rings. The molecule has 2 rings (SSSR count). The molecule has 0 aliphatic heterocycles. The maximum Gasteiger partial charge on any atom is 0.407 e. The Bertz CT molecular complexity index is 644. The van der Waals surface area contributed by atoms with Crippen molar-refractivity contribution in [3.8, 4) is 0 Å². The van der Waals surface area contributed by atoms with Gasteiger partial charge in [-0.05, 0) is 38.5 Å². The summed E-state index contributed by atoms with van der Waals surface area (Å²) in [5.74, 6) is -0.990. The summed E-state index contributed by atoms with van der Waals surface area (Å²) in [4.78, 5) is 22.8. The number of alkyl carbamates (subject to hydrolysis) is 1. The zero-order valence-electron chi connectivity index (χ0n) is 11.5. The predicted octanol–water partition coefficient (Wildman–Crippen LogP) is 3.95. The van der Waals surface area contributed by atoms with Crippen LogP contribution in [0.5, 0.6) is 0 Å². The van der Waals surface area contributed by atoms with Gasteiger partial charge in [-0.3, -0.25) is 4.79 Å². The predicted molar refractivity (Wildman–Crippen MR) is 86.8 cm³/mol. The summed E-state index contributed by atoms with van der Waals surface area (Å²) in [5, 5.41) is 13.4. The maximum absolute atomic E-state index is 11.9. The Morgan fingerprint density at radius 3 is 2.64 bits per heavy atom. The highest BCUT2D eigenvalue weighted by Gasteiger charge is 2.20. The molecule has 1 heterocycles. The number of aliphatic carboxylic acids is 1. The van der Waals surface area contributed by atoms with Gasteiger partial charge in [0, 0.05) is 0 Å². The Morgan fingerprint density at radius 2 is 2.05 bits per heavy atom. The van der Waals surface area contributed by atoms with Crippen LogP contribution in [-0.4, -0.2) is 17.2 Å². The second-order valence-electron chi connectivity index (χ2n) is 4.54. The standard InChI is InChI=1S/C15H14BrNO4S/c16-13-6-11(9-22-13)12(7-14(18)19)17-15(20)21-8-10-4-2-1-3-5-10/h1-6,9,12H,7-8H2,(H,17,20)(H,18,19)/t12-/m1/s1. The molecule has 7 heteroatoms. The first-order valence-corrected chi connectivity index (χ1v) is 8.15. The van der Waals surface area contributed by atoms with Gasteiger partial charge in [-0.2, -0.15) is 0 Å². The number of amides is 1. The molecule has 0 aliphatic rings. The van der Waals surface area contributed by atoms with E-state index in [4.69, 9.17) is 9.84 Å². The van der Waals surface area contributed by atoms with E-state index in [0.717, 1.165) is 14.9 Å². The number of carbonyl (C=O) groups is 2. The van der Waals surface area contributed by atoms with Crippen molar-refractivity contribution in [1.29, 1.82) is 0 Å². The fraction of sp³-hybridized carbons (Fsp3) is 0.200. The molecular weight excluding hydrogens is 370 g/mol. The highest BCUT2D eigenvalue weighted by atomic mass is 79.9. The number of benzene rings is 1. The van der Waals surface area contributed by atoms with Crippen LogP contribution in [0.15, 0.2) is 45.6 Å². The summed E-state index contributed by atoms with van der Waals surface area (Å²) in [6.07, 6.45) is -0.846. The van der Waals surface area contributed by atoms with Crippen molar-refractivity contribution in [2.75, 3.05) is 0 Å². The zero-order valence-corrected chi connectivity index (χ0v) is 13.9. The number of ether oxygens (including phenoxy) is 1. The van der Waals surface area contributed by atoms with Crippen LogP contribution < -0.4 is 5.32 Å². The van der Waals surface area contributed by atoms with Gasteiger partial charge >= 0.3 is 12.1 Å². The van der Waals surface area contributed by atoms with Crippen LogP contribution in [0.3, 0.4) is 0 Å². The first kappa shape index (κ1) is 16.5. The second-order valence-corrected chi connectivity index (χ2v) is 6.83. The van der Waals surface area contributed by atoms with Crippen LogP contribution in [-0.2, 0) is 16.1 Å². The fourth-order valence-corrected chi connectivity index (χ4v) is 3.07. The summed E-state index contributed by atoms with van der Waals surface area (Å²) in [7, 11) is 0. The van der Waals surface area contributed by atoms with E-state index in [1.54, 1.807) is 11.4 Å². The van der Waals surface area contributed by atoms with Crippen LogP contribution in [0.25, 0.3) is 0 Å². The lowest BCUT2D eigenvalue weighted by molar-refractivity contribution is -0.137. The Morgan fingerprint density at radius 1 is 1.32 bits per heavy atom. The van der Waals surface area contributed by atoms with Crippen molar-refractivity contribution in [1.82, 2.24) is 5.32 Å². The van der Waals surface area contributed by atoms with E-state index < -0.39 is 18.1 Å². The van der Waals surface area contributed by atoms with E-state index in [9.17, 15) is 9.59 Å². The molecular formula is C15H14BrNO4S. The minimum atomic E-state index is -0.990. The minimum Gasteiger partial charge on any atom is -0.481 e. The van der Waals surface area contributed by atoms with Gasteiger partial charge in [-0.15, -0.1) is 11.3 Å². The molecule has 0 bridgehead atoms. The van der Waals surface area contributed by atoms with Gasteiger partial charge in [-0.1, -0.05) is 30.3 Å². The number of rotatable bonds is 6.